The molecule has 0 saturated carbocycles. The molecule has 0 spiro atoms. The third-order valence-corrected chi connectivity index (χ3v) is 4.69. The molecule has 1 N–H and O–H groups in total. The first-order chi connectivity index (χ1) is 12.6. The van der Waals surface area contributed by atoms with E-state index in [-0.39, 0.29) is 5.56 Å². The zero-order valence-electron chi connectivity index (χ0n) is 14.4. The van der Waals surface area contributed by atoms with E-state index in [4.69, 9.17) is 16.0 Å². The van der Waals surface area contributed by atoms with Crippen LogP contribution in [-0.2, 0) is 0 Å². The molecule has 0 aliphatic rings. The average Bonchev–Trinajstić information content (AvgIpc) is 3.07. The second-order valence-electron chi connectivity index (χ2n) is 6.14. The number of hydrogen-bond acceptors (Lipinski definition) is 3. The number of hydrogen-bond donors (Lipinski definition) is 1. The van der Waals surface area contributed by atoms with Crippen molar-refractivity contribution < 1.29 is 4.42 Å². The van der Waals surface area contributed by atoms with Crippen LogP contribution < -0.4 is 10.9 Å². The molecule has 0 fully saturated rings. The van der Waals surface area contributed by atoms with Gasteiger partial charge in [0.2, 0.25) is 0 Å². The summed E-state index contributed by atoms with van der Waals surface area (Å²) in [6.45, 7) is 2.01. The number of pyridine rings is 1. The highest BCUT2D eigenvalue weighted by molar-refractivity contribution is 6.30. The number of anilines is 1. The van der Waals surface area contributed by atoms with Crippen LogP contribution in [0, 0.1) is 6.92 Å². The Balaban J connectivity index is 1.85. The van der Waals surface area contributed by atoms with E-state index in [9.17, 15) is 4.79 Å². The lowest BCUT2D eigenvalue weighted by Crippen LogP contribution is -2.17. The number of aryl methyl sites for hydroxylation is 1. The number of furan rings is 1. The summed E-state index contributed by atoms with van der Waals surface area (Å²) >= 11 is 6.06. The van der Waals surface area contributed by atoms with Gasteiger partial charge in [-0.1, -0.05) is 23.7 Å². The number of aromatic nitrogens is 1. The van der Waals surface area contributed by atoms with Crippen LogP contribution in [0.3, 0.4) is 0 Å². The fraction of sp³-hybridized carbons (Fsp3) is 0.0952. The number of fused-ring (bicyclic) bond motifs is 1. The number of benzene rings is 2. The van der Waals surface area contributed by atoms with Gasteiger partial charge in [-0.05, 0) is 55.0 Å². The minimum Gasteiger partial charge on any atom is -0.456 e. The summed E-state index contributed by atoms with van der Waals surface area (Å²) in [4.78, 5) is 13.0. The second kappa shape index (κ2) is 6.39. The van der Waals surface area contributed by atoms with Crippen molar-refractivity contribution in [3.05, 3.63) is 81.7 Å². The smallest absolute Gasteiger partial charge is 0.266 e. The number of rotatable bonds is 3. The maximum atomic E-state index is 13.0. The molecule has 0 saturated heterocycles. The predicted octanol–water partition coefficient (Wildman–Crippen LogP) is 5.25. The van der Waals surface area contributed by atoms with Gasteiger partial charge in [0.25, 0.3) is 5.56 Å². The fourth-order valence-corrected chi connectivity index (χ4v) is 3.29. The highest BCUT2D eigenvalue weighted by atomic mass is 35.5. The van der Waals surface area contributed by atoms with Gasteiger partial charge in [-0.15, -0.1) is 0 Å². The van der Waals surface area contributed by atoms with Crippen molar-refractivity contribution in [2.75, 3.05) is 12.4 Å². The largest absolute Gasteiger partial charge is 0.456 e. The maximum absolute atomic E-state index is 13.0. The molecule has 4 aromatic rings. The Labute approximate surface area is 155 Å². The molecule has 0 unspecified atom stereocenters. The molecule has 0 aliphatic heterocycles. The highest BCUT2D eigenvalue weighted by Gasteiger charge is 2.12. The predicted molar refractivity (Wildman–Crippen MR) is 107 cm³/mol. The van der Waals surface area contributed by atoms with Gasteiger partial charge in [0.15, 0.2) is 0 Å². The Kier molecular flexibility index (Phi) is 4.05. The molecular formula is C21H17ClN2O2. The van der Waals surface area contributed by atoms with Gasteiger partial charge in [0, 0.05) is 35.2 Å². The molecule has 2 heterocycles. The molecule has 2 aromatic heterocycles. The molecule has 130 valence electrons. The Morgan fingerprint density at radius 1 is 1.08 bits per heavy atom. The van der Waals surface area contributed by atoms with E-state index in [0.717, 1.165) is 22.5 Å². The SMILES string of the molecule is CNc1ccc(-n2ccc3oc(-c4cccc(Cl)c4)cc3c2=O)cc1C. The molecule has 26 heavy (non-hydrogen) atoms. The highest BCUT2D eigenvalue weighted by Crippen LogP contribution is 2.28. The number of nitrogens with zero attached hydrogens (tertiary/aromatic N) is 1. The van der Waals surface area contributed by atoms with Crippen molar-refractivity contribution in [3.8, 4) is 17.0 Å². The second-order valence-corrected chi connectivity index (χ2v) is 6.58. The third-order valence-electron chi connectivity index (χ3n) is 4.45. The van der Waals surface area contributed by atoms with Gasteiger partial charge in [-0.3, -0.25) is 9.36 Å². The van der Waals surface area contributed by atoms with Gasteiger partial charge < -0.3 is 9.73 Å². The van der Waals surface area contributed by atoms with Gasteiger partial charge in [0.1, 0.15) is 11.3 Å². The van der Waals surface area contributed by atoms with Crippen molar-refractivity contribution in [1.82, 2.24) is 4.57 Å². The normalized spacial score (nSPS) is 11.0. The summed E-state index contributed by atoms with van der Waals surface area (Å²) in [6, 6.07) is 16.8. The van der Waals surface area contributed by atoms with Crippen LogP contribution in [0.2, 0.25) is 5.02 Å². The van der Waals surface area contributed by atoms with Crippen molar-refractivity contribution in [2.24, 2.45) is 0 Å². The van der Waals surface area contributed by atoms with Gasteiger partial charge in [-0.25, -0.2) is 0 Å². The average molecular weight is 365 g/mol. The minimum absolute atomic E-state index is 0.115. The Hall–Kier alpha value is -2.98. The lowest BCUT2D eigenvalue weighted by atomic mass is 10.1. The lowest BCUT2D eigenvalue weighted by molar-refractivity contribution is 0.630. The Morgan fingerprint density at radius 2 is 1.92 bits per heavy atom. The molecule has 5 heteroatoms. The van der Waals surface area contributed by atoms with Crippen LogP contribution >= 0.6 is 11.6 Å². The number of halogens is 1. The summed E-state index contributed by atoms with van der Waals surface area (Å²) in [6.07, 6.45) is 1.74. The summed E-state index contributed by atoms with van der Waals surface area (Å²) < 4.78 is 7.49. The van der Waals surface area contributed by atoms with Crippen molar-refractivity contribution in [3.63, 3.8) is 0 Å². The maximum Gasteiger partial charge on any atom is 0.266 e. The van der Waals surface area contributed by atoms with Crippen molar-refractivity contribution in [2.45, 2.75) is 6.92 Å². The molecule has 0 radical (unpaired) electrons. The van der Waals surface area contributed by atoms with E-state index in [0.29, 0.717) is 21.8 Å². The van der Waals surface area contributed by atoms with Crippen molar-refractivity contribution in [1.29, 1.82) is 0 Å². The van der Waals surface area contributed by atoms with E-state index < -0.39 is 0 Å². The fourth-order valence-electron chi connectivity index (χ4n) is 3.10. The number of nitrogens with one attached hydrogen (secondary N) is 1. The molecule has 0 aliphatic carbocycles. The summed E-state index contributed by atoms with van der Waals surface area (Å²) in [7, 11) is 1.88. The molecular weight excluding hydrogens is 348 g/mol. The van der Waals surface area contributed by atoms with Crippen LogP contribution in [0.5, 0.6) is 0 Å². The Morgan fingerprint density at radius 3 is 2.65 bits per heavy atom. The summed E-state index contributed by atoms with van der Waals surface area (Å²) in [5, 5.41) is 4.30. The van der Waals surface area contributed by atoms with E-state index in [1.807, 2.05) is 56.4 Å². The summed E-state index contributed by atoms with van der Waals surface area (Å²) in [5.41, 5.74) is 4.21. The third kappa shape index (κ3) is 2.78. The molecule has 0 amide bonds. The topological polar surface area (TPSA) is 47.2 Å². The lowest BCUT2D eigenvalue weighted by Gasteiger charge is -2.10. The molecule has 4 rings (SSSR count). The van der Waals surface area contributed by atoms with Crippen LogP contribution in [0.25, 0.3) is 28.0 Å². The first-order valence-corrected chi connectivity index (χ1v) is 8.64. The van der Waals surface area contributed by atoms with Crippen LogP contribution in [-0.4, -0.2) is 11.6 Å². The van der Waals surface area contributed by atoms with Crippen LogP contribution in [0.4, 0.5) is 5.69 Å². The molecule has 2 aromatic carbocycles. The zero-order valence-corrected chi connectivity index (χ0v) is 15.2. The van der Waals surface area contributed by atoms with E-state index in [1.54, 1.807) is 22.9 Å². The van der Waals surface area contributed by atoms with Crippen LogP contribution in [0.15, 0.2) is 70.0 Å². The molecule has 0 bridgehead atoms. The Bertz CT molecular complexity index is 1170. The molecule has 0 atom stereocenters. The van der Waals surface area contributed by atoms with Gasteiger partial charge in [-0.2, -0.15) is 0 Å². The first kappa shape index (κ1) is 16.5. The standard InChI is InChI=1S/C21H17ClN2O2/c1-13-10-16(6-7-18(13)23-2)24-9-8-19-17(21(24)25)12-20(26-19)14-4-3-5-15(22)11-14/h3-12,23H,1-2H3. The monoisotopic (exact) mass is 364 g/mol. The van der Waals surface area contributed by atoms with Gasteiger partial charge in [0.05, 0.1) is 5.39 Å². The quantitative estimate of drug-likeness (QED) is 0.539. The van der Waals surface area contributed by atoms with Crippen molar-refractivity contribution >= 4 is 28.3 Å². The first-order valence-electron chi connectivity index (χ1n) is 8.27. The summed E-state index contributed by atoms with van der Waals surface area (Å²) in [5.74, 6) is 0.624. The van der Waals surface area contributed by atoms with E-state index in [2.05, 4.69) is 5.32 Å². The molecule has 4 nitrogen and oxygen atoms in total. The minimum atomic E-state index is -0.115. The van der Waals surface area contributed by atoms with Crippen LogP contribution in [0.1, 0.15) is 5.56 Å². The van der Waals surface area contributed by atoms with E-state index >= 15 is 0 Å². The van der Waals surface area contributed by atoms with Gasteiger partial charge >= 0.3 is 0 Å². The zero-order chi connectivity index (χ0) is 18.3. The van der Waals surface area contributed by atoms with E-state index in [1.165, 1.54) is 0 Å².